The van der Waals surface area contributed by atoms with E-state index in [9.17, 15) is 0 Å². The van der Waals surface area contributed by atoms with Gasteiger partial charge in [-0.25, -0.2) is 9.97 Å². The maximum Gasteiger partial charge on any atom is 0.180 e. The molecule has 0 radical (unpaired) electrons. The number of hydrogen-bond donors (Lipinski definition) is 0. The minimum Gasteiger partial charge on any atom is -0.381 e. The highest BCUT2D eigenvalue weighted by Gasteiger charge is 2.45. The van der Waals surface area contributed by atoms with Gasteiger partial charge in [0.15, 0.2) is 5.82 Å². The lowest BCUT2D eigenvalue weighted by molar-refractivity contribution is -0.000505. The first-order chi connectivity index (χ1) is 11.8. The number of rotatable bonds is 2. The number of aromatic nitrogens is 3. The van der Waals surface area contributed by atoms with E-state index in [1.807, 2.05) is 24.4 Å². The minimum absolute atomic E-state index is 0.458. The summed E-state index contributed by atoms with van der Waals surface area (Å²) in [5.74, 6) is 1.94. The molecule has 0 aromatic carbocycles. The van der Waals surface area contributed by atoms with E-state index in [-0.39, 0.29) is 0 Å². The first kappa shape index (κ1) is 14.3. The molecule has 1 aliphatic carbocycles. The summed E-state index contributed by atoms with van der Waals surface area (Å²) in [6, 6.07) is 5.93. The Kier molecular flexibility index (Phi) is 3.30. The van der Waals surface area contributed by atoms with Crippen LogP contribution in [0.1, 0.15) is 30.5 Å². The van der Waals surface area contributed by atoms with Gasteiger partial charge >= 0.3 is 0 Å². The number of anilines is 1. The van der Waals surface area contributed by atoms with Crippen LogP contribution in [0.15, 0.2) is 24.4 Å². The Morgan fingerprint density at radius 1 is 1.04 bits per heavy atom. The van der Waals surface area contributed by atoms with E-state index >= 15 is 0 Å². The minimum atomic E-state index is 0.458. The average Bonchev–Trinajstić information content (AvgIpc) is 3.09. The zero-order valence-corrected chi connectivity index (χ0v) is 13.9. The van der Waals surface area contributed by atoms with Crippen molar-refractivity contribution in [2.45, 2.75) is 32.1 Å². The second-order valence-electron chi connectivity index (χ2n) is 7.33. The number of ether oxygens (including phenoxy) is 1. The summed E-state index contributed by atoms with van der Waals surface area (Å²) in [6.07, 6.45) is 7.55. The lowest BCUT2D eigenvalue weighted by atomic mass is 9.73. The molecule has 2 fully saturated rings. The molecule has 24 heavy (non-hydrogen) atoms. The van der Waals surface area contributed by atoms with Crippen LogP contribution >= 0.6 is 0 Å². The maximum atomic E-state index is 5.54. The van der Waals surface area contributed by atoms with Gasteiger partial charge < -0.3 is 9.64 Å². The summed E-state index contributed by atoms with van der Waals surface area (Å²) >= 11 is 0. The Balaban J connectivity index is 1.49. The van der Waals surface area contributed by atoms with E-state index < -0.39 is 0 Å². The van der Waals surface area contributed by atoms with Crippen molar-refractivity contribution in [3.8, 4) is 11.5 Å². The Morgan fingerprint density at radius 2 is 1.92 bits per heavy atom. The molecule has 2 aliphatic heterocycles. The highest BCUT2D eigenvalue weighted by atomic mass is 16.5. The molecule has 0 amide bonds. The fraction of sp³-hybridized carbons (Fsp3) is 0.526. The van der Waals surface area contributed by atoms with Crippen LogP contribution in [0.25, 0.3) is 11.5 Å². The summed E-state index contributed by atoms with van der Waals surface area (Å²) in [7, 11) is 0. The van der Waals surface area contributed by atoms with E-state index in [4.69, 9.17) is 14.7 Å². The van der Waals surface area contributed by atoms with Crippen LogP contribution in [0.2, 0.25) is 0 Å². The van der Waals surface area contributed by atoms with Crippen LogP contribution in [-0.2, 0) is 17.6 Å². The Bertz CT molecular complexity index is 747. The predicted octanol–water partition coefficient (Wildman–Crippen LogP) is 2.64. The topological polar surface area (TPSA) is 51.1 Å². The van der Waals surface area contributed by atoms with Crippen molar-refractivity contribution in [1.29, 1.82) is 0 Å². The van der Waals surface area contributed by atoms with Crippen molar-refractivity contribution in [2.24, 2.45) is 5.41 Å². The monoisotopic (exact) mass is 322 g/mol. The molecule has 2 saturated heterocycles. The molecule has 0 atom stereocenters. The quantitative estimate of drug-likeness (QED) is 0.851. The highest BCUT2D eigenvalue weighted by Crippen LogP contribution is 2.43. The molecule has 5 heteroatoms. The van der Waals surface area contributed by atoms with Crippen LogP contribution in [0.5, 0.6) is 0 Å². The molecule has 3 aliphatic rings. The normalized spacial score (nSPS) is 21.6. The fourth-order valence-corrected chi connectivity index (χ4v) is 4.32. The van der Waals surface area contributed by atoms with Crippen LogP contribution in [0.4, 0.5) is 5.82 Å². The molecular weight excluding hydrogens is 300 g/mol. The van der Waals surface area contributed by atoms with Gasteiger partial charge in [0, 0.05) is 49.2 Å². The second kappa shape index (κ2) is 5.52. The van der Waals surface area contributed by atoms with Gasteiger partial charge in [-0.2, -0.15) is 0 Å². The third-order valence-corrected chi connectivity index (χ3v) is 5.71. The first-order valence-electron chi connectivity index (χ1n) is 8.97. The molecule has 2 aromatic rings. The van der Waals surface area contributed by atoms with Crippen molar-refractivity contribution < 1.29 is 4.74 Å². The van der Waals surface area contributed by atoms with E-state index in [1.165, 1.54) is 30.5 Å². The summed E-state index contributed by atoms with van der Waals surface area (Å²) in [4.78, 5) is 16.6. The molecule has 4 heterocycles. The average molecular weight is 322 g/mol. The van der Waals surface area contributed by atoms with Crippen molar-refractivity contribution in [3.05, 3.63) is 35.7 Å². The van der Waals surface area contributed by atoms with Crippen LogP contribution in [0.3, 0.4) is 0 Å². The summed E-state index contributed by atoms with van der Waals surface area (Å²) < 4.78 is 5.54. The van der Waals surface area contributed by atoms with Gasteiger partial charge in [-0.15, -0.1) is 0 Å². The van der Waals surface area contributed by atoms with Gasteiger partial charge in [-0.3, -0.25) is 4.98 Å². The molecule has 124 valence electrons. The zero-order chi connectivity index (χ0) is 16.0. The molecule has 5 rings (SSSR count). The molecule has 1 spiro atoms. The lowest BCUT2D eigenvalue weighted by Crippen LogP contribution is -2.59. The van der Waals surface area contributed by atoms with Crippen LogP contribution < -0.4 is 4.90 Å². The first-order valence-corrected chi connectivity index (χ1v) is 8.97. The molecule has 5 nitrogen and oxygen atoms in total. The number of aryl methyl sites for hydroxylation is 1. The van der Waals surface area contributed by atoms with Gasteiger partial charge in [-0.05, 0) is 44.2 Å². The fourth-order valence-electron chi connectivity index (χ4n) is 4.32. The number of pyridine rings is 1. The second-order valence-corrected chi connectivity index (χ2v) is 7.33. The van der Waals surface area contributed by atoms with E-state index in [0.29, 0.717) is 5.41 Å². The molecule has 2 aromatic heterocycles. The Morgan fingerprint density at radius 3 is 2.71 bits per heavy atom. The van der Waals surface area contributed by atoms with Crippen molar-refractivity contribution in [3.63, 3.8) is 0 Å². The number of fused-ring (bicyclic) bond motifs is 1. The third-order valence-electron chi connectivity index (χ3n) is 5.71. The molecular formula is C19H22N4O. The molecule has 0 unspecified atom stereocenters. The maximum absolute atomic E-state index is 5.54. The molecule has 0 saturated carbocycles. The summed E-state index contributed by atoms with van der Waals surface area (Å²) in [6.45, 7) is 4.05. The van der Waals surface area contributed by atoms with Gasteiger partial charge in [0.1, 0.15) is 11.5 Å². The van der Waals surface area contributed by atoms with E-state index in [2.05, 4.69) is 9.88 Å². The largest absolute Gasteiger partial charge is 0.381 e. The van der Waals surface area contributed by atoms with Crippen molar-refractivity contribution in [2.75, 3.05) is 31.2 Å². The summed E-state index contributed by atoms with van der Waals surface area (Å²) in [5, 5.41) is 0. The van der Waals surface area contributed by atoms with Crippen LogP contribution in [-0.4, -0.2) is 41.3 Å². The Labute approximate surface area is 142 Å². The zero-order valence-electron chi connectivity index (χ0n) is 13.9. The van der Waals surface area contributed by atoms with Gasteiger partial charge in [0.25, 0.3) is 0 Å². The third kappa shape index (κ3) is 2.30. The van der Waals surface area contributed by atoms with Crippen molar-refractivity contribution >= 4 is 5.82 Å². The standard InChI is InChI=1S/C19H22N4O/c1-2-9-20-16(5-1)17-21-15-6-3-4-14(15)18(22-17)23-12-19(13-23)7-10-24-11-8-19/h1-2,5,9H,3-4,6-8,10-13H2. The number of hydrogen-bond acceptors (Lipinski definition) is 5. The lowest BCUT2D eigenvalue weighted by Gasteiger charge is -2.53. The van der Waals surface area contributed by atoms with E-state index in [0.717, 1.165) is 56.5 Å². The van der Waals surface area contributed by atoms with E-state index in [1.54, 1.807) is 0 Å². The van der Waals surface area contributed by atoms with Crippen LogP contribution in [0, 0.1) is 5.41 Å². The molecule has 0 bridgehead atoms. The SMILES string of the molecule is c1ccc(-c2nc3c(c(N4CC5(CCOCC5)C4)n2)CCC3)nc1. The smallest absolute Gasteiger partial charge is 0.180 e. The van der Waals surface area contributed by atoms with Gasteiger partial charge in [0.05, 0.1) is 0 Å². The number of nitrogens with zero attached hydrogens (tertiary/aromatic N) is 4. The van der Waals surface area contributed by atoms with Crippen molar-refractivity contribution in [1.82, 2.24) is 15.0 Å². The van der Waals surface area contributed by atoms with Gasteiger partial charge in [0.2, 0.25) is 0 Å². The highest BCUT2D eigenvalue weighted by molar-refractivity contribution is 5.60. The Hall–Kier alpha value is -2.01. The molecule has 0 N–H and O–H groups in total. The van der Waals surface area contributed by atoms with Gasteiger partial charge in [-0.1, -0.05) is 6.07 Å². The predicted molar refractivity (Wildman–Crippen MR) is 92.0 cm³/mol. The summed E-state index contributed by atoms with van der Waals surface area (Å²) in [5.41, 5.74) is 3.93.